The highest BCUT2D eigenvalue weighted by Crippen LogP contribution is 2.32. The minimum atomic E-state index is 0.185. The monoisotopic (exact) mass is 286 g/mol. The Hall–Kier alpha value is -2.30. The van der Waals surface area contributed by atoms with Crippen molar-refractivity contribution in [2.24, 2.45) is 0 Å². The Bertz CT molecular complexity index is 559. The van der Waals surface area contributed by atoms with Crippen molar-refractivity contribution in [3.63, 3.8) is 0 Å². The summed E-state index contributed by atoms with van der Waals surface area (Å²) in [5.41, 5.74) is 1.23. The van der Waals surface area contributed by atoms with Gasteiger partial charge in [-0.2, -0.15) is 0 Å². The SMILES string of the molecule is CCNc1ncnc(NC(CC)c2ccccc2)c1OC. The Balaban J connectivity index is 2.27. The van der Waals surface area contributed by atoms with Crippen LogP contribution in [0.25, 0.3) is 0 Å². The summed E-state index contributed by atoms with van der Waals surface area (Å²) in [6.45, 7) is 4.94. The first-order valence-electron chi connectivity index (χ1n) is 7.24. The number of methoxy groups -OCH3 is 1. The topological polar surface area (TPSA) is 59.1 Å². The molecule has 5 heteroatoms. The van der Waals surface area contributed by atoms with Gasteiger partial charge in [0, 0.05) is 6.54 Å². The van der Waals surface area contributed by atoms with Gasteiger partial charge in [0.05, 0.1) is 13.2 Å². The van der Waals surface area contributed by atoms with E-state index in [-0.39, 0.29) is 6.04 Å². The Morgan fingerprint density at radius 1 is 1.10 bits per heavy atom. The van der Waals surface area contributed by atoms with Crippen LogP contribution in [0.1, 0.15) is 31.9 Å². The fourth-order valence-corrected chi connectivity index (χ4v) is 2.23. The Morgan fingerprint density at radius 3 is 2.43 bits per heavy atom. The van der Waals surface area contributed by atoms with E-state index in [4.69, 9.17) is 4.74 Å². The van der Waals surface area contributed by atoms with Crippen molar-refractivity contribution in [1.29, 1.82) is 0 Å². The second-order valence-electron chi connectivity index (χ2n) is 4.65. The van der Waals surface area contributed by atoms with E-state index >= 15 is 0 Å². The third-order valence-corrected chi connectivity index (χ3v) is 3.27. The molecule has 2 aromatic rings. The Labute approximate surface area is 125 Å². The van der Waals surface area contributed by atoms with Crippen molar-refractivity contribution in [3.05, 3.63) is 42.2 Å². The molecule has 0 saturated heterocycles. The predicted molar refractivity (Wildman–Crippen MR) is 85.8 cm³/mol. The lowest BCUT2D eigenvalue weighted by Gasteiger charge is -2.20. The summed E-state index contributed by atoms with van der Waals surface area (Å²) >= 11 is 0. The van der Waals surface area contributed by atoms with Gasteiger partial charge in [0.1, 0.15) is 6.33 Å². The third kappa shape index (κ3) is 3.62. The molecular weight excluding hydrogens is 264 g/mol. The van der Waals surface area contributed by atoms with E-state index in [9.17, 15) is 0 Å². The number of hydrogen-bond donors (Lipinski definition) is 2. The van der Waals surface area contributed by atoms with Gasteiger partial charge in [0.15, 0.2) is 11.6 Å². The van der Waals surface area contributed by atoms with Gasteiger partial charge in [-0.3, -0.25) is 0 Å². The first kappa shape index (κ1) is 15.1. The zero-order valence-corrected chi connectivity index (χ0v) is 12.8. The largest absolute Gasteiger partial charge is 0.490 e. The van der Waals surface area contributed by atoms with Crippen LogP contribution in [0.2, 0.25) is 0 Å². The Morgan fingerprint density at radius 2 is 1.81 bits per heavy atom. The smallest absolute Gasteiger partial charge is 0.204 e. The summed E-state index contributed by atoms with van der Waals surface area (Å²) in [4.78, 5) is 8.54. The molecule has 112 valence electrons. The highest BCUT2D eigenvalue weighted by molar-refractivity contribution is 5.64. The highest BCUT2D eigenvalue weighted by Gasteiger charge is 2.16. The van der Waals surface area contributed by atoms with Gasteiger partial charge in [-0.05, 0) is 18.9 Å². The summed E-state index contributed by atoms with van der Waals surface area (Å²) in [6.07, 6.45) is 2.49. The van der Waals surface area contributed by atoms with Crippen LogP contribution in [0, 0.1) is 0 Å². The minimum absolute atomic E-state index is 0.185. The zero-order chi connectivity index (χ0) is 15.1. The lowest BCUT2D eigenvalue weighted by molar-refractivity contribution is 0.414. The van der Waals surface area contributed by atoms with E-state index in [1.54, 1.807) is 13.4 Å². The molecule has 1 unspecified atom stereocenters. The van der Waals surface area contributed by atoms with Gasteiger partial charge in [0.2, 0.25) is 5.75 Å². The number of anilines is 2. The Kier molecular flexibility index (Phi) is 5.37. The van der Waals surface area contributed by atoms with E-state index in [1.807, 2.05) is 25.1 Å². The molecule has 1 atom stereocenters. The molecule has 0 amide bonds. The number of hydrogen-bond acceptors (Lipinski definition) is 5. The molecule has 1 aromatic heterocycles. The molecule has 2 rings (SSSR count). The number of aromatic nitrogens is 2. The lowest BCUT2D eigenvalue weighted by Crippen LogP contribution is -2.13. The highest BCUT2D eigenvalue weighted by atomic mass is 16.5. The molecular formula is C16H22N4O. The lowest BCUT2D eigenvalue weighted by atomic mass is 10.0. The van der Waals surface area contributed by atoms with Crippen molar-refractivity contribution in [2.45, 2.75) is 26.3 Å². The normalized spacial score (nSPS) is 11.8. The van der Waals surface area contributed by atoms with Crippen molar-refractivity contribution < 1.29 is 4.74 Å². The number of ether oxygens (including phenoxy) is 1. The van der Waals surface area contributed by atoms with Crippen molar-refractivity contribution in [1.82, 2.24) is 9.97 Å². The molecule has 0 spiro atoms. The molecule has 5 nitrogen and oxygen atoms in total. The second-order valence-corrected chi connectivity index (χ2v) is 4.65. The van der Waals surface area contributed by atoms with Gasteiger partial charge in [-0.25, -0.2) is 9.97 Å². The molecule has 0 fully saturated rings. The van der Waals surface area contributed by atoms with E-state index in [1.165, 1.54) is 5.56 Å². The van der Waals surface area contributed by atoms with Crippen LogP contribution in [0.4, 0.5) is 11.6 Å². The zero-order valence-electron chi connectivity index (χ0n) is 12.8. The third-order valence-electron chi connectivity index (χ3n) is 3.27. The second kappa shape index (κ2) is 7.47. The molecule has 0 aliphatic heterocycles. The molecule has 0 aliphatic carbocycles. The van der Waals surface area contributed by atoms with Gasteiger partial charge < -0.3 is 15.4 Å². The quantitative estimate of drug-likeness (QED) is 0.816. The molecule has 21 heavy (non-hydrogen) atoms. The molecule has 2 N–H and O–H groups in total. The van der Waals surface area contributed by atoms with Crippen LogP contribution in [0.3, 0.4) is 0 Å². The fourth-order valence-electron chi connectivity index (χ4n) is 2.23. The maximum atomic E-state index is 5.46. The average Bonchev–Trinajstić information content (AvgIpc) is 2.54. The first-order valence-corrected chi connectivity index (χ1v) is 7.24. The van der Waals surface area contributed by atoms with Crippen LogP contribution in [0.5, 0.6) is 5.75 Å². The minimum Gasteiger partial charge on any atom is -0.490 e. The summed E-state index contributed by atoms with van der Waals surface area (Å²) in [5, 5.41) is 6.63. The van der Waals surface area contributed by atoms with E-state index in [0.717, 1.165) is 13.0 Å². The van der Waals surface area contributed by atoms with Gasteiger partial charge in [0.25, 0.3) is 0 Å². The van der Waals surface area contributed by atoms with Crippen molar-refractivity contribution in [3.8, 4) is 5.75 Å². The molecule has 1 heterocycles. The molecule has 0 radical (unpaired) electrons. The van der Waals surface area contributed by atoms with Crippen LogP contribution in [0.15, 0.2) is 36.7 Å². The van der Waals surface area contributed by atoms with Gasteiger partial charge >= 0.3 is 0 Å². The van der Waals surface area contributed by atoms with Crippen LogP contribution < -0.4 is 15.4 Å². The fraction of sp³-hybridized carbons (Fsp3) is 0.375. The van der Waals surface area contributed by atoms with Crippen molar-refractivity contribution in [2.75, 3.05) is 24.3 Å². The number of rotatable bonds is 7. The van der Waals surface area contributed by atoms with Crippen LogP contribution in [-0.2, 0) is 0 Å². The average molecular weight is 286 g/mol. The predicted octanol–water partition coefficient (Wildman–Crippen LogP) is 3.48. The van der Waals surface area contributed by atoms with Gasteiger partial charge in [-0.15, -0.1) is 0 Å². The maximum Gasteiger partial charge on any atom is 0.204 e. The maximum absolute atomic E-state index is 5.46. The first-order chi connectivity index (χ1) is 10.3. The summed E-state index contributed by atoms with van der Waals surface area (Å²) < 4.78 is 5.46. The molecule has 0 saturated carbocycles. The number of benzene rings is 1. The van der Waals surface area contributed by atoms with Crippen molar-refractivity contribution >= 4 is 11.6 Å². The van der Waals surface area contributed by atoms with Crippen LogP contribution >= 0.6 is 0 Å². The molecule has 1 aromatic carbocycles. The van der Waals surface area contributed by atoms with Gasteiger partial charge in [-0.1, -0.05) is 37.3 Å². The number of nitrogens with zero attached hydrogens (tertiary/aromatic N) is 2. The standard InChI is InChI=1S/C16H22N4O/c1-4-13(12-9-7-6-8-10-12)20-16-14(21-3)15(17-5-2)18-11-19-16/h6-11,13H,4-5H2,1-3H3,(H2,17,18,19,20). The van der Waals surface area contributed by atoms with E-state index in [0.29, 0.717) is 17.4 Å². The van der Waals surface area contributed by atoms with Crippen LogP contribution in [-0.4, -0.2) is 23.6 Å². The molecule has 0 aliphatic rings. The summed E-state index contributed by atoms with van der Waals surface area (Å²) in [6, 6.07) is 10.5. The summed E-state index contributed by atoms with van der Waals surface area (Å²) in [5.74, 6) is 2.06. The molecule has 0 bridgehead atoms. The summed E-state index contributed by atoms with van der Waals surface area (Å²) in [7, 11) is 1.63. The number of nitrogens with one attached hydrogen (secondary N) is 2. The van der Waals surface area contributed by atoms with E-state index < -0.39 is 0 Å². The van der Waals surface area contributed by atoms with E-state index in [2.05, 4.69) is 39.7 Å².